The van der Waals surface area contributed by atoms with Crippen LogP contribution in [0.3, 0.4) is 0 Å². The van der Waals surface area contributed by atoms with E-state index in [-0.39, 0.29) is 10.9 Å². The van der Waals surface area contributed by atoms with Gasteiger partial charge in [-0.25, -0.2) is 4.39 Å². The highest BCUT2D eigenvalue weighted by molar-refractivity contribution is 7.80. The average molecular weight is 347 g/mol. The first-order valence-electron chi connectivity index (χ1n) is 7.55. The molecule has 0 saturated carbocycles. The van der Waals surface area contributed by atoms with Crippen molar-refractivity contribution >= 4 is 35.1 Å². The second-order valence-corrected chi connectivity index (χ2v) is 5.80. The molecule has 3 rings (SSSR count). The van der Waals surface area contributed by atoms with Crippen molar-refractivity contribution in [3.8, 4) is 0 Å². The second-order valence-electron chi connectivity index (χ2n) is 5.36. The molecule has 1 fully saturated rings. The second kappa shape index (κ2) is 7.31. The molecule has 1 saturated heterocycles. The third-order valence-corrected chi connectivity index (χ3v) is 3.85. The van der Waals surface area contributed by atoms with Gasteiger partial charge in [-0.3, -0.25) is 5.43 Å². The van der Waals surface area contributed by atoms with E-state index in [2.05, 4.69) is 32.5 Å². The Labute approximate surface area is 144 Å². The van der Waals surface area contributed by atoms with Crippen LogP contribution in [0.1, 0.15) is 5.76 Å². The maximum absolute atomic E-state index is 13.0. The van der Waals surface area contributed by atoms with Crippen LogP contribution in [0.5, 0.6) is 0 Å². The molecule has 6 nitrogen and oxygen atoms in total. The molecule has 0 radical (unpaired) electrons. The molecular formula is C16H18FN5OS. The van der Waals surface area contributed by atoms with Gasteiger partial charge >= 0.3 is 0 Å². The number of nitrogens with two attached hydrogens (primary N) is 1. The number of anilines is 2. The van der Waals surface area contributed by atoms with Crippen molar-refractivity contribution in [3.05, 3.63) is 48.0 Å². The van der Waals surface area contributed by atoms with Crippen LogP contribution in [0.4, 0.5) is 16.0 Å². The number of halogens is 1. The Bertz CT molecular complexity index is 722. The minimum absolute atomic E-state index is 0.106. The van der Waals surface area contributed by atoms with Crippen LogP contribution in [0, 0.1) is 5.82 Å². The molecule has 1 aliphatic rings. The van der Waals surface area contributed by atoms with E-state index in [1.165, 1.54) is 18.3 Å². The molecule has 1 aromatic carbocycles. The van der Waals surface area contributed by atoms with Crippen LogP contribution in [-0.2, 0) is 0 Å². The van der Waals surface area contributed by atoms with Gasteiger partial charge in [0.25, 0.3) is 0 Å². The minimum atomic E-state index is -0.216. The molecule has 1 aliphatic heterocycles. The highest BCUT2D eigenvalue weighted by atomic mass is 32.1. The topological polar surface area (TPSA) is 70.0 Å². The third kappa shape index (κ3) is 4.02. The Kier molecular flexibility index (Phi) is 4.95. The lowest BCUT2D eigenvalue weighted by atomic mass is 10.2. The standard InChI is InChI=1S/C16H18FN5OS/c17-12-1-3-13(4-2-12)21-7-9-22(10-8-21)15-6-5-14(23-15)11-19-20-16(18)24/h1-6,11H,7-10H2,(H3,18,20,24)/b19-11+. The fraction of sp³-hybridized carbons (Fsp3) is 0.250. The number of nitrogens with zero attached hydrogens (tertiary/aromatic N) is 3. The van der Waals surface area contributed by atoms with Crippen molar-refractivity contribution in [2.24, 2.45) is 10.8 Å². The van der Waals surface area contributed by atoms with Crippen molar-refractivity contribution in [2.75, 3.05) is 36.0 Å². The monoisotopic (exact) mass is 347 g/mol. The van der Waals surface area contributed by atoms with Gasteiger partial charge < -0.3 is 20.0 Å². The molecule has 0 atom stereocenters. The predicted octanol–water partition coefficient (Wildman–Crippen LogP) is 1.91. The molecule has 0 unspecified atom stereocenters. The molecule has 0 bridgehead atoms. The minimum Gasteiger partial charge on any atom is -0.440 e. The molecule has 0 amide bonds. The van der Waals surface area contributed by atoms with Gasteiger partial charge in [-0.05, 0) is 42.5 Å². The number of furan rings is 1. The van der Waals surface area contributed by atoms with Gasteiger partial charge in [-0.2, -0.15) is 5.10 Å². The summed E-state index contributed by atoms with van der Waals surface area (Å²) in [6.07, 6.45) is 1.53. The highest BCUT2D eigenvalue weighted by Crippen LogP contribution is 2.22. The van der Waals surface area contributed by atoms with Crippen LogP contribution >= 0.6 is 12.2 Å². The first kappa shape index (κ1) is 16.3. The van der Waals surface area contributed by atoms with Gasteiger partial charge in [-0.1, -0.05) is 0 Å². The average Bonchev–Trinajstić information content (AvgIpc) is 3.04. The van der Waals surface area contributed by atoms with E-state index in [1.807, 2.05) is 12.1 Å². The van der Waals surface area contributed by atoms with Crippen molar-refractivity contribution < 1.29 is 8.81 Å². The van der Waals surface area contributed by atoms with E-state index >= 15 is 0 Å². The summed E-state index contributed by atoms with van der Waals surface area (Å²) in [5, 5.41) is 3.97. The van der Waals surface area contributed by atoms with Gasteiger partial charge in [0.2, 0.25) is 0 Å². The lowest BCUT2D eigenvalue weighted by Crippen LogP contribution is -2.46. The molecule has 8 heteroatoms. The van der Waals surface area contributed by atoms with Crippen LogP contribution in [0.2, 0.25) is 0 Å². The molecule has 3 N–H and O–H groups in total. The van der Waals surface area contributed by atoms with E-state index in [0.29, 0.717) is 5.76 Å². The summed E-state index contributed by atoms with van der Waals surface area (Å²) in [5.74, 6) is 1.20. The Morgan fingerprint density at radius 2 is 1.79 bits per heavy atom. The Morgan fingerprint density at radius 3 is 2.46 bits per heavy atom. The zero-order valence-corrected chi connectivity index (χ0v) is 13.8. The predicted molar refractivity (Wildman–Crippen MR) is 97.0 cm³/mol. The normalized spacial score (nSPS) is 15.0. The van der Waals surface area contributed by atoms with Crippen LogP contribution in [0.15, 0.2) is 45.9 Å². The number of hydrogen-bond acceptors (Lipinski definition) is 5. The highest BCUT2D eigenvalue weighted by Gasteiger charge is 2.19. The summed E-state index contributed by atoms with van der Waals surface area (Å²) in [6, 6.07) is 10.3. The summed E-state index contributed by atoms with van der Waals surface area (Å²) < 4.78 is 18.8. The van der Waals surface area contributed by atoms with Gasteiger partial charge in [0.1, 0.15) is 11.6 Å². The summed E-state index contributed by atoms with van der Waals surface area (Å²) in [5.41, 5.74) is 8.81. The number of benzene rings is 1. The van der Waals surface area contributed by atoms with Crippen LogP contribution in [0.25, 0.3) is 0 Å². The number of hydrazone groups is 1. The van der Waals surface area contributed by atoms with Crippen molar-refractivity contribution in [1.82, 2.24) is 5.43 Å². The largest absolute Gasteiger partial charge is 0.440 e. The summed E-state index contributed by atoms with van der Waals surface area (Å²) in [4.78, 5) is 4.39. The maximum atomic E-state index is 13.0. The summed E-state index contributed by atoms with van der Waals surface area (Å²) >= 11 is 4.67. The number of thiocarbonyl (C=S) groups is 1. The molecule has 24 heavy (non-hydrogen) atoms. The van der Waals surface area contributed by atoms with Gasteiger partial charge in [0.05, 0.1) is 6.21 Å². The number of nitrogens with one attached hydrogen (secondary N) is 1. The molecule has 1 aromatic heterocycles. The number of hydrogen-bond donors (Lipinski definition) is 2. The van der Waals surface area contributed by atoms with Crippen LogP contribution in [-0.4, -0.2) is 37.5 Å². The fourth-order valence-electron chi connectivity index (χ4n) is 2.58. The summed E-state index contributed by atoms with van der Waals surface area (Å²) in [7, 11) is 0. The smallest absolute Gasteiger partial charge is 0.196 e. The Hall–Kier alpha value is -2.61. The van der Waals surface area contributed by atoms with Crippen molar-refractivity contribution in [2.45, 2.75) is 0 Å². The van der Waals surface area contributed by atoms with Gasteiger partial charge in [0.15, 0.2) is 11.0 Å². The fourth-order valence-corrected chi connectivity index (χ4v) is 2.63. The lowest BCUT2D eigenvalue weighted by molar-refractivity contribution is 0.521. The third-order valence-electron chi connectivity index (χ3n) is 3.76. The maximum Gasteiger partial charge on any atom is 0.196 e. The van der Waals surface area contributed by atoms with E-state index in [9.17, 15) is 4.39 Å². The lowest BCUT2D eigenvalue weighted by Gasteiger charge is -2.36. The molecular weight excluding hydrogens is 329 g/mol. The Balaban J connectivity index is 1.57. The van der Waals surface area contributed by atoms with E-state index < -0.39 is 0 Å². The number of rotatable bonds is 4. The van der Waals surface area contributed by atoms with Crippen molar-refractivity contribution in [1.29, 1.82) is 0 Å². The first-order chi connectivity index (χ1) is 11.6. The van der Waals surface area contributed by atoms with E-state index in [1.54, 1.807) is 12.1 Å². The Morgan fingerprint density at radius 1 is 1.12 bits per heavy atom. The molecule has 0 spiro atoms. The molecule has 0 aliphatic carbocycles. The molecule has 126 valence electrons. The molecule has 2 aromatic rings. The number of piperazine rings is 1. The molecule has 2 heterocycles. The summed E-state index contributed by atoms with van der Waals surface area (Å²) in [6.45, 7) is 3.34. The van der Waals surface area contributed by atoms with E-state index in [4.69, 9.17) is 10.2 Å². The van der Waals surface area contributed by atoms with E-state index in [0.717, 1.165) is 37.8 Å². The van der Waals surface area contributed by atoms with Crippen molar-refractivity contribution in [3.63, 3.8) is 0 Å². The van der Waals surface area contributed by atoms with Crippen LogP contribution < -0.4 is 21.0 Å². The first-order valence-corrected chi connectivity index (χ1v) is 7.96. The zero-order valence-electron chi connectivity index (χ0n) is 13.0. The SMILES string of the molecule is NC(=S)N/N=C/c1ccc(N2CCN(c3ccc(F)cc3)CC2)o1. The zero-order chi connectivity index (χ0) is 16.9. The van der Waals surface area contributed by atoms with Gasteiger partial charge in [-0.15, -0.1) is 0 Å². The quantitative estimate of drug-likeness (QED) is 0.500. The van der Waals surface area contributed by atoms with Gasteiger partial charge in [0, 0.05) is 37.9 Å².